The van der Waals surface area contributed by atoms with Gasteiger partial charge in [0.1, 0.15) is 5.75 Å². The van der Waals surface area contributed by atoms with Crippen LogP contribution < -0.4 is 14.2 Å². The monoisotopic (exact) mass is 352 g/mol. The number of rotatable bonds is 4. The highest BCUT2D eigenvalue weighted by Gasteiger charge is 2.41. The fourth-order valence-electron chi connectivity index (χ4n) is 3.69. The number of methoxy groups -OCH3 is 2. The largest absolute Gasteiger partial charge is 0.493 e. The number of fused-ring (bicyclic) bond motifs is 3. The highest BCUT2D eigenvalue weighted by molar-refractivity contribution is 6.02. The lowest BCUT2D eigenvalue weighted by Gasteiger charge is -2.39. The van der Waals surface area contributed by atoms with Crippen molar-refractivity contribution in [3.63, 3.8) is 0 Å². The molecule has 136 valence electrons. The summed E-state index contributed by atoms with van der Waals surface area (Å²) in [5.41, 5.74) is 3.29. The van der Waals surface area contributed by atoms with E-state index in [0.717, 1.165) is 34.9 Å². The van der Waals surface area contributed by atoms with Gasteiger partial charge in [-0.25, -0.2) is 5.01 Å². The van der Waals surface area contributed by atoms with Crippen molar-refractivity contribution in [2.24, 2.45) is 11.0 Å². The van der Waals surface area contributed by atoms with E-state index in [9.17, 15) is 0 Å². The fourth-order valence-corrected chi connectivity index (χ4v) is 3.69. The van der Waals surface area contributed by atoms with Crippen molar-refractivity contribution in [1.29, 1.82) is 0 Å². The van der Waals surface area contributed by atoms with Gasteiger partial charge in [-0.05, 0) is 24.3 Å². The summed E-state index contributed by atoms with van der Waals surface area (Å²) in [5, 5.41) is 7.07. The van der Waals surface area contributed by atoms with E-state index in [4.69, 9.17) is 19.3 Å². The summed E-state index contributed by atoms with van der Waals surface area (Å²) < 4.78 is 17.0. The highest BCUT2D eigenvalue weighted by atomic mass is 16.5. The molecule has 0 amide bonds. The zero-order valence-corrected chi connectivity index (χ0v) is 15.6. The molecule has 5 heteroatoms. The Balaban J connectivity index is 1.72. The fraction of sp³-hybridized carbons (Fsp3) is 0.381. The third-order valence-electron chi connectivity index (χ3n) is 5.02. The first kappa shape index (κ1) is 16.8. The molecule has 2 aliphatic rings. The summed E-state index contributed by atoms with van der Waals surface area (Å²) in [4.78, 5) is 0. The molecule has 2 aliphatic heterocycles. The molecule has 0 radical (unpaired) electrons. The third kappa shape index (κ3) is 2.68. The Kier molecular flexibility index (Phi) is 4.23. The second-order valence-electron chi connectivity index (χ2n) is 7.01. The van der Waals surface area contributed by atoms with Gasteiger partial charge >= 0.3 is 0 Å². The number of hydrazone groups is 1. The van der Waals surface area contributed by atoms with Gasteiger partial charge in [0.15, 0.2) is 17.7 Å². The minimum atomic E-state index is -0.0625. The van der Waals surface area contributed by atoms with Crippen molar-refractivity contribution in [2.75, 3.05) is 14.2 Å². The summed E-state index contributed by atoms with van der Waals surface area (Å²) in [6.45, 7) is 4.33. The Hall–Kier alpha value is -2.69. The van der Waals surface area contributed by atoms with Crippen LogP contribution in [0.25, 0.3) is 0 Å². The van der Waals surface area contributed by atoms with E-state index in [-0.39, 0.29) is 12.3 Å². The Morgan fingerprint density at radius 2 is 1.85 bits per heavy atom. The average Bonchev–Trinajstić information content (AvgIpc) is 3.12. The predicted molar refractivity (Wildman–Crippen MR) is 101 cm³/mol. The summed E-state index contributed by atoms with van der Waals surface area (Å²) in [7, 11) is 3.30. The maximum atomic E-state index is 6.25. The van der Waals surface area contributed by atoms with E-state index >= 15 is 0 Å². The molecule has 0 unspecified atom stereocenters. The van der Waals surface area contributed by atoms with Crippen LogP contribution >= 0.6 is 0 Å². The van der Waals surface area contributed by atoms with Gasteiger partial charge in [0, 0.05) is 23.5 Å². The smallest absolute Gasteiger partial charge is 0.190 e. The minimum absolute atomic E-state index is 0.0625. The van der Waals surface area contributed by atoms with E-state index < -0.39 is 0 Å². The third-order valence-corrected chi connectivity index (χ3v) is 5.02. The van der Waals surface area contributed by atoms with Gasteiger partial charge in [-0.15, -0.1) is 0 Å². The van der Waals surface area contributed by atoms with Gasteiger partial charge in [-0.2, -0.15) is 5.10 Å². The second kappa shape index (κ2) is 6.56. The van der Waals surface area contributed by atoms with Gasteiger partial charge in [0.05, 0.1) is 26.0 Å². The van der Waals surface area contributed by atoms with Crippen LogP contribution in [0.15, 0.2) is 47.6 Å². The van der Waals surface area contributed by atoms with Crippen LogP contribution in [-0.4, -0.2) is 31.2 Å². The molecule has 0 aliphatic carbocycles. The first-order valence-electron chi connectivity index (χ1n) is 8.96. The molecule has 2 aromatic rings. The van der Waals surface area contributed by atoms with E-state index in [1.165, 1.54) is 5.56 Å². The van der Waals surface area contributed by atoms with E-state index in [1.807, 2.05) is 24.3 Å². The van der Waals surface area contributed by atoms with Crippen LogP contribution in [0.2, 0.25) is 0 Å². The number of nitrogens with zero attached hydrogens (tertiary/aromatic N) is 2. The number of hydrogen-bond donors (Lipinski definition) is 0. The van der Waals surface area contributed by atoms with E-state index in [2.05, 4.69) is 37.1 Å². The molecular formula is C21H24N2O3. The van der Waals surface area contributed by atoms with Crippen LogP contribution in [0.1, 0.15) is 37.4 Å². The lowest BCUT2D eigenvalue weighted by atomic mass is 9.95. The Bertz CT molecular complexity index is 847. The Morgan fingerprint density at radius 3 is 2.58 bits per heavy atom. The quantitative estimate of drug-likeness (QED) is 0.826. The van der Waals surface area contributed by atoms with Crippen LogP contribution in [0.4, 0.5) is 0 Å². The zero-order chi connectivity index (χ0) is 18.3. The zero-order valence-electron chi connectivity index (χ0n) is 15.6. The van der Waals surface area contributed by atoms with Crippen LogP contribution in [0.3, 0.4) is 0 Å². The van der Waals surface area contributed by atoms with Crippen LogP contribution in [-0.2, 0) is 0 Å². The SMILES string of the molecule is COc1ccc(C2=NN3[C@H](C2)c2ccccc2O[C@H]3C(C)C)cc1OC. The van der Waals surface area contributed by atoms with Crippen molar-refractivity contribution < 1.29 is 14.2 Å². The summed E-state index contributed by atoms with van der Waals surface area (Å²) >= 11 is 0. The topological polar surface area (TPSA) is 43.3 Å². The average molecular weight is 352 g/mol. The van der Waals surface area contributed by atoms with Crippen molar-refractivity contribution in [2.45, 2.75) is 32.5 Å². The van der Waals surface area contributed by atoms with Crippen molar-refractivity contribution in [1.82, 2.24) is 5.01 Å². The van der Waals surface area contributed by atoms with Gasteiger partial charge in [0.25, 0.3) is 0 Å². The predicted octanol–water partition coefficient (Wildman–Crippen LogP) is 4.23. The first-order valence-corrected chi connectivity index (χ1v) is 8.96. The van der Waals surface area contributed by atoms with Gasteiger partial charge < -0.3 is 14.2 Å². The number of hydrogen-bond acceptors (Lipinski definition) is 5. The lowest BCUT2D eigenvalue weighted by Crippen LogP contribution is -2.43. The van der Waals surface area contributed by atoms with Gasteiger partial charge in [-0.1, -0.05) is 32.0 Å². The molecule has 0 saturated heterocycles. The van der Waals surface area contributed by atoms with Crippen molar-refractivity contribution in [3.05, 3.63) is 53.6 Å². The number of ether oxygens (including phenoxy) is 3. The molecule has 5 nitrogen and oxygen atoms in total. The van der Waals surface area contributed by atoms with E-state index in [1.54, 1.807) is 14.2 Å². The molecule has 0 N–H and O–H groups in total. The van der Waals surface area contributed by atoms with E-state index in [0.29, 0.717) is 5.92 Å². The molecular weight excluding hydrogens is 328 g/mol. The molecule has 26 heavy (non-hydrogen) atoms. The summed E-state index contributed by atoms with van der Waals surface area (Å²) in [5.74, 6) is 2.74. The number of para-hydroxylation sites is 1. The van der Waals surface area contributed by atoms with Crippen LogP contribution in [0, 0.1) is 5.92 Å². The molecule has 0 aromatic heterocycles. The molecule has 2 heterocycles. The van der Waals surface area contributed by atoms with Crippen molar-refractivity contribution in [3.8, 4) is 17.2 Å². The molecule has 0 saturated carbocycles. The van der Waals surface area contributed by atoms with Crippen molar-refractivity contribution >= 4 is 5.71 Å². The normalized spacial score (nSPS) is 21.0. The highest BCUT2D eigenvalue weighted by Crippen LogP contribution is 2.44. The molecule has 0 spiro atoms. The van der Waals surface area contributed by atoms with Crippen LogP contribution in [0.5, 0.6) is 17.2 Å². The molecule has 0 bridgehead atoms. The maximum absolute atomic E-state index is 6.25. The Morgan fingerprint density at radius 1 is 1.08 bits per heavy atom. The standard InChI is InChI=1S/C21H24N2O3/c1-13(2)21-23-17(15-7-5-6-8-18(15)26-21)12-16(22-23)14-9-10-19(24-3)20(11-14)25-4/h5-11,13,17,21H,12H2,1-4H3/t17-,21+/m1/s1. The van der Waals surface area contributed by atoms with Gasteiger partial charge in [0.2, 0.25) is 0 Å². The lowest BCUT2D eigenvalue weighted by molar-refractivity contribution is -0.0461. The first-order chi connectivity index (χ1) is 12.6. The maximum Gasteiger partial charge on any atom is 0.190 e. The molecule has 4 rings (SSSR count). The molecule has 2 atom stereocenters. The van der Waals surface area contributed by atoms with Gasteiger partial charge in [-0.3, -0.25) is 0 Å². The summed E-state index contributed by atoms with van der Waals surface area (Å²) in [6.07, 6.45) is 0.784. The number of benzene rings is 2. The molecule has 2 aromatic carbocycles. The molecule has 0 fully saturated rings. The summed E-state index contributed by atoms with van der Waals surface area (Å²) in [6, 6.07) is 14.4. The Labute approximate surface area is 154 Å². The minimum Gasteiger partial charge on any atom is -0.493 e. The second-order valence-corrected chi connectivity index (χ2v) is 7.01.